The van der Waals surface area contributed by atoms with Crippen LogP contribution in [0.4, 0.5) is 0 Å². The molecule has 1 aliphatic heterocycles. The van der Waals surface area contributed by atoms with Crippen molar-refractivity contribution in [1.82, 2.24) is 4.90 Å². The van der Waals surface area contributed by atoms with Gasteiger partial charge in [0.2, 0.25) is 0 Å². The van der Waals surface area contributed by atoms with Crippen LogP contribution < -0.4 is 5.73 Å². The predicted molar refractivity (Wildman–Crippen MR) is 59.7 cm³/mol. The number of nitrogens with zero attached hydrogens (tertiary/aromatic N) is 1. The van der Waals surface area contributed by atoms with E-state index in [-0.39, 0.29) is 5.41 Å². The molecule has 1 rings (SSSR count). The number of aliphatic carboxylic acids is 1. The van der Waals surface area contributed by atoms with Gasteiger partial charge in [-0.3, -0.25) is 9.69 Å². The Hall–Kier alpha value is -0.610. The van der Waals surface area contributed by atoms with Crippen LogP contribution in [0.1, 0.15) is 33.6 Å². The summed E-state index contributed by atoms with van der Waals surface area (Å²) in [6, 6.07) is -0.296. The molecule has 0 aromatic heterocycles. The van der Waals surface area contributed by atoms with Gasteiger partial charge in [-0.25, -0.2) is 0 Å². The molecule has 0 amide bonds. The fraction of sp³-hybridized carbons (Fsp3) is 0.909. The quantitative estimate of drug-likeness (QED) is 0.733. The summed E-state index contributed by atoms with van der Waals surface area (Å²) < 4.78 is 0. The van der Waals surface area contributed by atoms with Gasteiger partial charge in [-0.1, -0.05) is 20.8 Å². The van der Waals surface area contributed by atoms with Crippen molar-refractivity contribution in [2.24, 2.45) is 11.1 Å². The lowest BCUT2D eigenvalue weighted by Gasteiger charge is -2.35. The maximum atomic E-state index is 10.7. The van der Waals surface area contributed by atoms with Crippen molar-refractivity contribution in [3.05, 3.63) is 0 Å². The van der Waals surface area contributed by atoms with Gasteiger partial charge >= 0.3 is 5.97 Å². The topological polar surface area (TPSA) is 66.6 Å². The molecule has 1 aliphatic rings. The number of nitrogens with two attached hydrogens (primary N) is 1. The average molecular weight is 214 g/mol. The molecule has 3 N–H and O–H groups in total. The molecule has 1 heterocycles. The summed E-state index contributed by atoms with van der Waals surface area (Å²) in [4.78, 5) is 12.9. The Labute approximate surface area is 91.4 Å². The van der Waals surface area contributed by atoms with Crippen LogP contribution in [0.15, 0.2) is 0 Å². The van der Waals surface area contributed by atoms with E-state index in [9.17, 15) is 4.79 Å². The molecule has 0 bridgehead atoms. The first-order valence-electron chi connectivity index (χ1n) is 5.55. The Morgan fingerprint density at radius 2 is 2.20 bits per heavy atom. The second-order valence-corrected chi connectivity index (χ2v) is 5.46. The molecule has 0 spiro atoms. The van der Waals surface area contributed by atoms with Gasteiger partial charge in [0.25, 0.3) is 0 Å². The summed E-state index contributed by atoms with van der Waals surface area (Å²) in [5.41, 5.74) is 5.76. The van der Waals surface area contributed by atoms with E-state index < -0.39 is 12.0 Å². The van der Waals surface area contributed by atoms with Gasteiger partial charge in [0.15, 0.2) is 0 Å². The standard InChI is InChI=1S/C11H22N2O2/c1-11(2,3)9-5-4-6-13(9)7-8(12)10(14)15/h8-9H,4-7,12H2,1-3H3,(H,14,15). The number of carboxylic acid groups (broad SMARTS) is 1. The molecule has 0 aromatic carbocycles. The number of carbonyl (C=O) groups is 1. The SMILES string of the molecule is CC(C)(C)C1CCCN1CC(N)C(=O)O. The minimum absolute atomic E-state index is 0.203. The average Bonchev–Trinajstić information content (AvgIpc) is 2.50. The summed E-state index contributed by atoms with van der Waals surface area (Å²) in [5, 5.41) is 8.78. The second kappa shape index (κ2) is 4.49. The van der Waals surface area contributed by atoms with Crippen LogP contribution in [-0.4, -0.2) is 41.1 Å². The van der Waals surface area contributed by atoms with E-state index in [2.05, 4.69) is 25.7 Å². The van der Waals surface area contributed by atoms with Crippen molar-refractivity contribution in [3.63, 3.8) is 0 Å². The molecule has 1 fully saturated rings. The molecule has 0 radical (unpaired) electrons. The third-order valence-corrected chi connectivity index (χ3v) is 3.11. The lowest BCUT2D eigenvalue weighted by Crippen LogP contribution is -2.48. The highest BCUT2D eigenvalue weighted by Crippen LogP contribution is 2.32. The van der Waals surface area contributed by atoms with Crippen molar-refractivity contribution in [3.8, 4) is 0 Å². The molecule has 0 aromatic rings. The van der Waals surface area contributed by atoms with Crippen molar-refractivity contribution in [2.45, 2.75) is 45.7 Å². The molecule has 0 aliphatic carbocycles. The summed E-state index contributed by atoms with van der Waals surface area (Å²) in [6.07, 6.45) is 2.30. The van der Waals surface area contributed by atoms with E-state index in [1.54, 1.807) is 0 Å². The molecular weight excluding hydrogens is 192 g/mol. The number of carboxylic acids is 1. The Balaban J connectivity index is 2.58. The van der Waals surface area contributed by atoms with Crippen molar-refractivity contribution in [1.29, 1.82) is 0 Å². The Morgan fingerprint density at radius 1 is 1.60 bits per heavy atom. The third-order valence-electron chi connectivity index (χ3n) is 3.11. The normalized spacial score (nSPS) is 25.5. The molecule has 4 heteroatoms. The molecule has 2 atom stereocenters. The Kier molecular flexibility index (Phi) is 3.73. The van der Waals surface area contributed by atoms with Crippen LogP contribution in [0.3, 0.4) is 0 Å². The smallest absolute Gasteiger partial charge is 0.321 e. The zero-order chi connectivity index (χ0) is 11.6. The van der Waals surface area contributed by atoms with Crippen LogP contribution in [0, 0.1) is 5.41 Å². The van der Waals surface area contributed by atoms with Gasteiger partial charge in [0, 0.05) is 12.6 Å². The van der Waals surface area contributed by atoms with Gasteiger partial charge in [0.05, 0.1) is 0 Å². The van der Waals surface area contributed by atoms with Gasteiger partial charge < -0.3 is 10.8 Å². The molecular formula is C11H22N2O2. The molecule has 2 unspecified atom stereocenters. The first-order chi connectivity index (χ1) is 6.82. The molecule has 0 saturated carbocycles. The van der Waals surface area contributed by atoms with Crippen LogP contribution in [-0.2, 0) is 4.79 Å². The number of rotatable bonds is 3. The van der Waals surface area contributed by atoms with E-state index in [1.807, 2.05) is 0 Å². The minimum atomic E-state index is -0.908. The van der Waals surface area contributed by atoms with Gasteiger partial charge in [-0.2, -0.15) is 0 Å². The van der Waals surface area contributed by atoms with E-state index in [0.29, 0.717) is 12.6 Å². The first-order valence-corrected chi connectivity index (χ1v) is 5.55. The second-order valence-electron chi connectivity index (χ2n) is 5.46. The number of hydrogen-bond acceptors (Lipinski definition) is 3. The lowest BCUT2D eigenvalue weighted by atomic mass is 9.85. The maximum absolute atomic E-state index is 10.7. The molecule has 88 valence electrons. The highest BCUT2D eigenvalue weighted by Gasteiger charge is 2.35. The van der Waals surface area contributed by atoms with Crippen molar-refractivity contribution >= 4 is 5.97 Å². The number of hydrogen-bond donors (Lipinski definition) is 2. The third kappa shape index (κ3) is 3.18. The highest BCUT2D eigenvalue weighted by atomic mass is 16.4. The fourth-order valence-electron chi connectivity index (χ4n) is 2.36. The Morgan fingerprint density at radius 3 is 2.67 bits per heavy atom. The van der Waals surface area contributed by atoms with E-state index in [0.717, 1.165) is 19.4 Å². The largest absolute Gasteiger partial charge is 0.480 e. The zero-order valence-corrected chi connectivity index (χ0v) is 9.86. The lowest BCUT2D eigenvalue weighted by molar-refractivity contribution is -0.139. The monoisotopic (exact) mass is 214 g/mol. The first kappa shape index (κ1) is 12.5. The van der Waals surface area contributed by atoms with Crippen LogP contribution in [0.2, 0.25) is 0 Å². The summed E-state index contributed by atoms with van der Waals surface area (Å²) >= 11 is 0. The molecule has 15 heavy (non-hydrogen) atoms. The molecule has 4 nitrogen and oxygen atoms in total. The maximum Gasteiger partial charge on any atom is 0.321 e. The van der Waals surface area contributed by atoms with Crippen LogP contribution >= 0.6 is 0 Å². The fourth-order valence-corrected chi connectivity index (χ4v) is 2.36. The highest BCUT2D eigenvalue weighted by molar-refractivity contribution is 5.73. The van der Waals surface area contributed by atoms with Crippen LogP contribution in [0.5, 0.6) is 0 Å². The van der Waals surface area contributed by atoms with E-state index >= 15 is 0 Å². The van der Waals surface area contributed by atoms with E-state index in [1.165, 1.54) is 0 Å². The molecule has 1 saturated heterocycles. The van der Waals surface area contributed by atoms with Gasteiger partial charge in [-0.05, 0) is 24.8 Å². The van der Waals surface area contributed by atoms with Gasteiger partial charge in [-0.15, -0.1) is 0 Å². The van der Waals surface area contributed by atoms with Crippen molar-refractivity contribution < 1.29 is 9.90 Å². The summed E-state index contributed by atoms with van der Waals surface area (Å²) in [5.74, 6) is -0.908. The van der Waals surface area contributed by atoms with Crippen molar-refractivity contribution in [2.75, 3.05) is 13.1 Å². The minimum Gasteiger partial charge on any atom is -0.480 e. The Bertz CT molecular complexity index is 235. The summed E-state index contributed by atoms with van der Waals surface area (Å²) in [7, 11) is 0. The number of likely N-dealkylation sites (tertiary alicyclic amines) is 1. The van der Waals surface area contributed by atoms with Crippen LogP contribution in [0.25, 0.3) is 0 Å². The predicted octanol–water partition coefficient (Wildman–Crippen LogP) is 0.909. The summed E-state index contributed by atoms with van der Waals surface area (Å²) in [6.45, 7) is 8.03. The van der Waals surface area contributed by atoms with E-state index in [4.69, 9.17) is 10.8 Å². The van der Waals surface area contributed by atoms with Gasteiger partial charge in [0.1, 0.15) is 6.04 Å². The zero-order valence-electron chi connectivity index (χ0n) is 9.86.